The van der Waals surface area contributed by atoms with Crippen molar-refractivity contribution in [2.24, 2.45) is 22.7 Å². The van der Waals surface area contributed by atoms with Gasteiger partial charge >= 0.3 is 0 Å². The van der Waals surface area contributed by atoms with E-state index in [0.717, 1.165) is 12.8 Å². The Morgan fingerprint density at radius 1 is 0.741 bits per heavy atom. The van der Waals surface area contributed by atoms with Gasteiger partial charge in [0.15, 0.2) is 9.84 Å². The largest absolute Gasteiger partial charge is 0.228 e. The third-order valence-electron chi connectivity index (χ3n) is 9.46. The lowest BCUT2D eigenvalue weighted by molar-refractivity contribution is 0.0916. The Labute approximate surface area is 169 Å². The summed E-state index contributed by atoms with van der Waals surface area (Å²) in [6.45, 7) is 13.4. The summed E-state index contributed by atoms with van der Waals surface area (Å²) in [5.74, 6) is 1.31. The summed E-state index contributed by atoms with van der Waals surface area (Å²) >= 11 is 0. The van der Waals surface area contributed by atoms with Crippen molar-refractivity contribution < 1.29 is 8.42 Å². The van der Waals surface area contributed by atoms with Crippen molar-refractivity contribution in [3.63, 3.8) is 0 Å². The summed E-state index contributed by atoms with van der Waals surface area (Å²) < 4.78 is 25.9. The molecular weight excluding hydrogens is 352 g/mol. The maximum absolute atomic E-state index is 13.4. The molecule has 0 aromatic heterocycles. The van der Waals surface area contributed by atoms with E-state index < -0.39 is 19.3 Å². The zero-order chi connectivity index (χ0) is 20.1. The Morgan fingerprint density at radius 3 is 1.52 bits per heavy atom. The van der Waals surface area contributed by atoms with Gasteiger partial charge in [0.2, 0.25) is 0 Å². The fourth-order valence-corrected chi connectivity index (χ4v) is 10.8. The van der Waals surface area contributed by atoms with Crippen molar-refractivity contribution in [2.45, 2.75) is 128 Å². The van der Waals surface area contributed by atoms with Crippen LogP contribution >= 0.6 is 0 Å². The number of rotatable bonds is 11. The van der Waals surface area contributed by atoms with Gasteiger partial charge in [-0.25, -0.2) is 8.42 Å². The number of hydrogen-bond acceptors (Lipinski definition) is 2. The molecule has 2 nitrogen and oxygen atoms in total. The van der Waals surface area contributed by atoms with Crippen LogP contribution in [-0.2, 0) is 9.84 Å². The average molecular weight is 397 g/mol. The van der Waals surface area contributed by atoms with Crippen LogP contribution < -0.4 is 0 Å². The molecule has 0 aromatic carbocycles. The molecule has 0 N–H and O–H groups in total. The smallest absolute Gasteiger partial charge is 0.162 e. The predicted octanol–water partition coefficient (Wildman–Crippen LogP) is 6.93. The Bertz CT molecular complexity index is 607. The van der Waals surface area contributed by atoms with E-state index >= 15 is 0 Å². The Balaban J connectivity index is 1.82. The highest BCUT2D eigenvalue weighted by atomic mass is 32.2. The minimum Gasteiger partial charge on any atom is -0.228 e. The van der Waals surface area contributed by atoms with Crippen molar-refractivity contribution in [2.75, 3.05) is 0 Å². The van der Waals surface area contributed by atoms with Gasteiger partial charge in [0.05, 0.1) is 9.49 Å². The monoisotopic (exact) mass is 396 g/mol. The highest BCUT2D eigenvalue weighted by molar-refractivity contribution is 7.95. The first kappa shape index (κ1) is 21.7. The first-order valence-electron chi connectivity index (χ1n) is 11.8. The van der Waals surface area contributed by atoms with Gasteiger partial charge in [-0.2, -0.15) is 0 Å². The maximum Gasteiger partial charge on any atom is 0.162 e. The normalized spacial score (nSPS) is 44.0. The summed E-state index contributed by atoms with van der Waals surface area (Å²) in [6.07, 6.45) is 15.0. The minimum absolute atomic E-state index is 0.0107. The van der Waals surface area contributed by atoms with Gasteiger partial charge in [0, 0.05) is 0 Å². The average Bonchev–Trinajstić information content (AvgIpc) is 3.39. The van der Waals surface area contributed by atoms with Gasteiger partial charge in [-0.1, -0.05) is 91.9 Å². The van der Waals surface area contributed by atoms with E-state index in [1.54, 1.807) is 0 Å². The van der Waals surface area contributed by atoms with Crippen LogP contribution in [0.25, 0.3) is 0 Å². The van der Waals surface area contributed by atoms with Gasteiger partial charge in [-0.3, -0.25) is 0 Å². The van der Waals surface area contributed by atoms with Crippen LogP contribution in [0.5, 0.6) is 0 Å². The molecule has 1 heterocycles. The molecule has 3 heteroatoms. The molecule has 2 aliphatic carbocycles. The third kappa shape index (κ3) is 2.88. The quantitative estimate of drug-likeness (QED) is 0.355. The zero-order valence-corrected chi connectivity index (χ0v) is 19.7. The molecule has 0 radical (unpaired) electrons. The standard InChI is InChI=1S/C24H44O2S/c1-7-9-11-13-15-19(16-14-12-10-8-2)20-21(3)17-23(21,5)27(25,26)24(6)18-22(20,24)4/h19-20H,7-18H2,1-6H3. The SMILES string of the molecule is CCCCCCC(CCCCCC)C1C2(C)CC2(C)S(=O)(=O)C2(C)CC12C. The molecule has 4 unspecified atom stereocenters. The Kier molecular flexibility index (Phi) is 5.63. The summed E-state index contributed by atoms with van der Waals surface area (Å²) in [5.41, 5.74) is 0.0214. The molecule has 0 aromatic rings. The van der Waals surface area contributed by atoms with Gasteiger partial charge in [0.1, 0.15) is 0 Å². The van der Waals surface area contributed by atoms with E-state index in [2.05, 4.69) is 41.5 Å². The summed E-state index contributed by atoms with van der Waals surface area (Å²) in [5, 5.41) is 0. The number of sulfone groups is 1. The molecule has 27 heavy (non-hydrogen) atoms. The summed E-state index contributed by atoms with van der Waals surface area (Å²) in [6, 6.07) is 0. The predicted molar refractivity (Wildman–Crippen MR) is 116 cm³/mol. The van der Waals surface area contributed by atoms with Crippen LogP contribution in [0, 0.1) is 22.7 Å². The molecule has 3 rings (SSSR count). The Hall–Kier alpha value is -0.0500. The van der Waals surface area contributed by atoms with E-state index in [9.17, 15) is 8.42 Å². The van der Waals surface area contributed by atoms with Crippen LogP contribution in [0.15, 0.2) is 0 Å². The summed E-state index contributed by atoms with van der Waals surface area (Å²) in [4.78, 5) is 0. The molecule has 0 spiro atoms. The van der Waals surface area contributed by atoms with Crippen molar-refractivity contribution in [3.8, 4) is 0 Å². The fourth-order valence-electron chi connectivity index (χ4n) is 7.38. The molecule has 3 fully saturated rings. The highest BCUT2D eigenvalue weighted by Crippen LogP contribution is 2.85. The second-order valence-electron chi connectivity index (χ2n) is 11.1. The van der Waals surface area contributed by atoms with Crippen LogP contribution in [0.4, 0.5) is 0 Å². The lowest BCUT2D eigenvalue weighted by Crippen LogP contribution is -2.50. The number of unbranched alkanes of at least 4 members (excludes halogenated alkanes) is 6. The van der Waals surface area contributed by atoms with Crippen LogP contribution in [-0.4, -0.2) is 17.9 Å². The molecule has 3 aliphatic rings. The van der Waals surface area contributed by atoms with Crippen LogP contribution in [0.1, 0.15) is 119 Å². The van der Waals surface area contributed by atoms with Crippen molar-refractivity contribution >= 4 is 9.84 Å². The number of hydrogen-bond donors (Lipinski definition) is 0. The van der Waals surface area contributed by atoms with E-state index in [1.807, 2.05) is 0 Å². The topological polar surface area (TPSA) is 34.1 Å². The van der Waals surface area contributed by atoms with Crippen LogP contribution in [0.3, 0.4) is 0 Å². The lowest BCUT2D eigenvalue weighted by atomic mass is 9.65. The van der Waals surface area contributed by atoms with E-state index in [-0.39, 0.29) is 10.8 Å². The minimum atomic E-state index is -3.03. The molecule has 1 aliphatic heterocycles. The van der Waals surface area contributed by atoms with Crippen LogP contribution in [0.2, 0.25) is 0 Å². The maximum atomic E-state index is 13.4. The van der Waals surface area contributed by atoms with E-state index in [4.69, 9.17) is 0 Å². The van der Waals surface area contributed by atoms with Gasteiger partial charge in [0.25, 0.3) is 0 Å². The third-order valence-corrected chi connectivity index (χ3v) is 13.1. The number of fused-ring (bicyclic) bond motifs is 2. The summed E-state index contributed by atoms with van der Waals surface area (Å²) in [7, 11) is -3.03. The van der Waals surface area contributed by atoms with E-state index in [1.165, 1.54) is 64.2 Å². The molecule has 0 bridgehead atoms. The molecular formula is C24H44O2S. The van der Waals surface area contributed by atoms with Gasteiger partial charge in [-0.15, -0.1) is 0 Å². The molecule has 2 saturated carbocycles. The molecule has 1 saturated heterocycles. The molecule has 4 atom stereocenters. The fraction of sp³-hybridized carbons (Fsp3) is 1.00. The van der Waals surface area contributed by atoms with Crippen molar-refractivity contribution in [1.82, 2.24) is 0 Å². The molecule has 0 amide bonds. The van der Waals surface area contributed by atoms with E-state index in [0.29, 0.717) is 11.8 Å². The van der Waals surface area contributed by atoms with Gasteiger partial charge < -0.3 is 0 Å². The lowest BCUT2D eigenvalue weighted by Gasteiger charge is -2.46. The first-order valence-corrected chi connectivity index (χ1v) is 13.3. The molecule has 158 valence electrons. The Morgan fingerprint density at radius 2 is 1.15 bits per heavy atom. The first-order chi connectivity index (χ1) is 12.6. The second kappa shape index (κ2) is 7.03. The second-order valence-corrected chi connectivity index (χ2v) is 13.9. The van der Waals surface area contributed by atoms with Crippen molar-refractivity contribution in [3.05, 3.63) is 0 Å². The van der Waals surface area contributed by atoms with Crippen molar-refractivity contribution in [1.29, 1.82) is 0 Å². The zero-order valence-electron chi connectivity index (χ0n) is 18.9. The highest BCUT2D eigenvalue weighted by Gasteiger charge is 2.90. The van der Waals surface area contributed by atoms with Gasteiger partial charge in [-0.05, 0) is 49.4 Å².